The van der Waals surface area contributed by atoms with E-state index in [9.17, 15) is 8.78 Å². The summed E-state index contributed by atoms with van der Waals surface area (Å²) in [7, 11) is 0. The van der Waals surface area contributed by atoms with Crippen LogP contribution in [-0.2, 0) is 0 Å². The third-order valence-corrected chi connectivity index (χ3v) is 3.33. The fraction of sp³-hybridized carbons (Fsp3) is 0.500. The Kier molecular flexibility index (Phi) is 3.71. The fourth-order valence-electron chi connectivity index (χ4n) is 2.40. The summed E-state index contributed by atoms with van der Waals surface area (Å²) in [5, 5.41) is 0. The molecule has 1 saturated heterocycles. The van der Waals surface area contributed by atoms with Crippen molar-refractivity contribution in [3.05, 3.63) is 35.4 Å². The summed E-state index contributed by atoms with van der Waals surface area (Å²) in [6, 6.07) is 3.75. The van der Waals surface area contributed by atoms with E-state index in [0.29, 0.717) is 12.1 Å². The molecule has 0 aliphatic carbocycles. The monoisotopic (exact) mass is 241 g/mol. The first-order valence-electron chi connectivity index (χ1n) is 5.79. The Bertz CT molecular complexity index is 397. The zero-order valence-electron chi connectivity index (χ0n) is 9.71. The number of rotatable bonds is 3. The lowest BCUT2D eigenvalue weighted by Gasteiger charge is -2.21. The number of hydrazine groups is 1. The molecule has 1 aromatic rings. The predicted octanol–water partition coefficient (Wildman–Crippen LogP) is 1.47. The van der Waals surface area contributed by atoms with E-state index in [1.54, 1.807) is 0 Å². The van der Waals surface area contributed by atoms with Crippen LogP contribution in [0.1, 0.15) is 24.9 Å². The van der Waals surface area contributed by atoms with Gasteiger partial charge in [-0.1, -0.05) is 6.07 Å². The first kappa shape index (κ1) is 12.4. The van der Waals surface area contributed by atoms with Gasteiger partial charge in [-0.15, -0.1) is 0 Å². The Hall–Kier alpha value is -1.04. The maximum absolute atomic E-state index is 13.7. The summed E-state index contributed by atoms with van der Waals surface area (Å²) in [5.74, 6) is -0.860. The van der Waals surface area contributed by atoms with Crippen LogP contribution in [0.3, 0.4) is 0 Å². The van der Waals surface area contributed by atoms with Crippen LogP contribution >= 0.6 is 0 Å². The Morgan fingerprint density at radius 3 is 2.71 bits per heavy atom. The molecule has 94 valence electrons. The molecule has 4 N–H and O–H groups in total. The van der Waals surface area contributed by atoms with Crippen LogP contribution in [0.5, 0.6) is 0 Å². The SMILES string of the molecule is CC1NNC(c2ccc(F)cc2F)C1CCN. The van der Waals surface area contributed by atoms with Gasteiger partial charge in [-0.3, -0.25) is 5.43 Å². The van der Waals surface area contributed by atoms with Crippen molar-refractivity contribution in [1.82, 2.24) is 10.9 Å². The van der Waals surface area contributed by atoms with E-state index in [1.807, 2.05) is 6.92 Å². The van der Waals surface area contributed by atoms with Crippen LogP contribution < -0.4 is 16.6 Å². The van der Waals surface area contributed by atoms with Gasteiger partial charge in [0.05, 0.1) is 6.04 Å². The number of nitrogens with two attached hydrogens (primary N) is 1. The van der Waals surface area contributed by atoms with Crippen LogP contribution in [0, 0.1) is 17.6 Å². The summed E-state index contributed by atoms with van der Waals surface area (Å²) < 4.78 is 26.6. The van der Waals surface area contributed by atoms with Crippen LogP contribution in [0.2, 0.25) is 0 Å². The average molecular weight is 241 g/mol. The summed E-state index contributed by atoms with van der Waals surface area (Å²) >= 11 is 0. The topological polar surface area (TPSA) is 50.1 Å². The lowest BCUT2D eigenvalue weighted by molar-refractivity contribution is 0.398. The van der Waals surface area contributed by atoms with Gasteiger partial charge in [0.1, 0.15) is 11.6 Å². The van der Waals surface area contributed by atoms with E-state index in [4.69, 9.17) is 5.73 Å². The maximum Gasteiger partial charge on any atom is 0.130 e. The molecule has 2 rings (SSSR count). The molecule has 5 heteroatoms. The molecule has 3 unspecified atom stereocenters. The molecule has 0 bridgehead atoms. The minimum absolute atomic E-state index is 0.158. The molecular weight excluding hydrogens is 224 g/mol. The Labute approximate surface area is 99.4 Å². The number of hydrogen-bond donors (Lipinski definition) is 3. The van der Waals surface area contributed by atoms with E-state index in [2.05, 4.69) is 10.9 Å². The second kappa shape index (κ2) is 5.08. The highest BCUT2D eigenvalue weighted by Crippen LogP contribution is 2.32. The van der Waals surface area contributed by atoms with Crippen molar-refractivity contribution in [3.8, 4) is 0 Å². The number of benzene rings is 1. The zero-order valence-corrected chi connectivity index (χ0v) is 9.71. The Morgan fingerprint density at radius 1 is 1.29 bits per heavy atom. The van der Waals surface area contributed by atoms with E-state index >= 15 is 0 Å². The van der Waals surface area contributed by atoms with Crippen LogP contribution in [0.15, 0.2) is 18.2 Å². The number of hydrogen-bond acceptors (Lipinski definition) is 3. The second-order valence-corrected chi connectivity index (χ2v) is 4.46. The van der Waals surface area contributed by atoms with Crippen LogP contribution in [-0.4, -0.2) is 12.6 Å². The zero-order chi connectivity index (χ0) is 12.4. The predicted molar refractivity (Wildman–Crippen MR) is 62.0 cm³/mol. The summed E-state index contributed by atoms with van der Waals surface area (Å²) in [6.45, 7) is 2.58. The lowest BCUT2D eigenvalue weighted by atomic mass is 9.87. The molecule has 1 aliphatic heterocycles. The Morgan fingerprint density at radius 2 is 2.06 bits per heavy atom. The lowest BCUT2D eigenvalue weighted by Crippen LogP contribution is -2.29. The molecule has 3 atom stereocenters. The van der Waals surface area contributed by atoms with E-state index in [0.717, 1.165) is 12.5 Å². The van der Waals surface area contributed by atoms with Crippen molar-refractivity contribution < 1.29 is 8.78 Å². The van der Waals surface area contributed by atoms with Crippen LogP contribution in [0.25, 0.3) is 0 Å². The molecule has 0 spiro atoms. The quantitative estimate of drug-likeness (QED) is 0.751. The minimum atomic E-state index is -0.555. The van der Waals surface area contributed by atoms with Gasteiger partial charge >= 0.3 is 0 Å². The number of halogens is 2. The van der Waals surface area contributed by atoms with Crippen molar-refractivity contribution in [1.29, 1.82) is 0 Å². The summed E-state index contributed by atoms with van der Waals surface area (Å²) in [6.07, 6.45) is 0.794. The Balaban J connectivity index is 2.26. The highest BCUT2D eigenvalue weighted by Gasteiger charge is 2.34. The highest BCUT2D eigenvalue weighted by atomic mass is 19.1. The molecule has 0 aromatic heterocycles. The van der Waals surface area contributed by atoms with Gasteiger partial charge in [0, 0.05) is 17.7 Å². The van der Waals surface area contributed by atoms with E-state index in [1.165, 1.54) is 12.1 Å². The molecule has 0 amide bonds. The first-order chi connectivity index (χ1) is 8.13. The molecule has 1 heterocycles. The average Bonchev–Trinajstić information content (AvgIpc) is 2.62. The summed E-state index contributed by atoms with van der Waals surface area (Å²) in [4.78, 5) is 0. The first-order valence-corrected chi connectivity index (χ1v) is 5.79. The highest BCUT2D eigenvalue weighted by molar-refractivity contribution is 5.24. The third-order valence-electron chi connectivity index (χ3n) is 3.33. The molecule has 17 heavy (non-hydrogen) atoms. The molecular formula is C12H17F2N3. The van der Waals surface area contributed by atoms with Gasteiger partial charge in [0.2, 0.25) is 0 Å². The van der Waals surface area contributed by atoms with Gasteiger partial charge in [-0.2, -0.15) is 0 Å². The molecule has 0 saturated carbocycles. The van der Waals surface area contributed by atoms with Crippen molar-refractivity contribution in [2.75, 3.05) is 6.54 Å². The smallest absolute Gasteiger partial charge is 0.130 e. The molecule has 3 nitrogen and oxygen atoms in total. The maximum atomic E-state index is 13.7. The van der Waals surface area contributed by atoms with Gasteiger partial charge in [0.25, 0.3) is 0 Å². The van der Waals surface area contributed by atoms with Crippen molar-refractivity contribution in [2.24, 2.45) is 11.7 Å². The normalized spacial score (nSPS) is 28.6. The molecule has 1 fully saturated rings. The van der Waals surface area contributed by atoms with Gasteiger partial charge in [0.15, 0.2) is 0 Å². The van der Waals surface area contributed by atoms with Gasteiger partial charge in [-0.05, 0) is 31.9 Å². The molecule has 0 radical (unpaired) electrons. The van der Waals surface area contributed by atoms with Gasteiger partial charge < -0.3 is 5.73 Å². The van der Waals surface area contributed by atoms with Crippen molar-refractivity contribution in [2.45, 2.75) is 25.4 Å². The fourth-order valence-corrected chi connectivity index (χ4v) is 2.40. The van der Waals surface area contributed by atoms with Crippen molar-refractivity contribution >= 4 is 0 Å². The second-order valence-electron chi connectivity index (χ2n) is 4.46. The van der Waals surface area contributed by atoms with Crippen LogP contribution in [0.4, 0.5) is 8.78 Å². The molecule has 1 aliphatic rings. The van der Waals surface area contributed by atoms with Gasteiger partial charge in [-0.25, -0.2) is 14.2 Å². The van der Waals surface area contributed by atoms with E-state index in [-0.39, 0.29) is 18.0 Å². The molecule has 1 aromatic carbocycles. The minimum Gasteiger partial charge on any atom is -0.330 e. The van der Waals surface area contributed by atoms with Crippen molar-refractivity contribution in [3.63, 3.8) is 0 Å². The standard InChI is InChI=1S/C12H17F2N3/c1-7-9(4-5-15)12(17-16-7)10-3-2-8(13)6-11(10)14/h2-3,6-7,9,12,16-17H,4-5,15H2,1H3. The number of nitrogens with one attached hydrogen (secondary N) is 2. The third kappa shape index (κ3) is 2.46. The largest absolute Gasteiger partial charge is 0.330 e. The summed E-state index contributed by atoms with van der Waals surface area (Å²) in [5.41, 5.74) is 12.2. The van der Waals surface area contributed by atoms with E-state index < -0.39 is 11.6 Å².